The molecule has 2 rings (SSSR count). The average molecular weight is 328 g/mol. The van der Waals surface area contributed by atoms with Crippen molar-refractivity contribution in [2.24, 2.45) is 0 Å². The normalized spacial score (nSPS) is 13.7. The lowest BCUT2D eigenvalue weighted by Crippen LogP contribution is -2.20. The van der Waals surface area contributed by atoms with Crippen molar-refractivity contribution in [3.8, 4) is 5.75 Å². The van der Waals surface area contributed by atoms with E-state index in [-0.39, 0.29) is 25.1 Å². The minimum absolute atomic E-state index is 0.0393. The Hall–Kier alpha value is -1.87. The topological polar surface area (TPSA) is 35.5 Å². The number of rotatable bonds is 9. The van der Waals surface area contributed by atoms with E-state index in [1.807, 2.05) is 26.0 Å². The Morgan fingerprint density at radius 1 is 0.958 bits per heavy atom. The number of hydrogen-bond acceptors (Lipinski definition) is 3. The van der Waals surface area contributed by atoms with Gasteiger partial charge in [0.05, 0.1) is 6.10 Å². The van der Waals surface area contributed by atoms with E-state index < -0.39 is 0 Å². The number of ketones is 1. The third-order valence-corrected chi connectivity index (χ3v) is 4.52. The van der Waals surface area contributed by atoms with Crippen molar-refractivity contribution in [2.75, 3.05) is 13.2 Å². The van der Waals surface area contributed by atoms with Crippen molar-refractivity contribution >= 4 is 16.6 Å². The monoisotopic (exact) mass is 328 g/mol. The van der Waals surface area contributed by atoms with Crippen LogP contribution in [0.4, 0.5) is 0 Å². The highest BCUT2D eigenvalue weighted by atomic mass is 16.5. The van der Waals surface area contributed by atoms with E-state index in [2.05, 4.69) is 38.1 Å². The average Bonchev–Trinajstić information content (AvgIpc) is 2.62. The Morgan fingerprint density at radius 2 is 1.67 bits per heavy atom. The first-order chi connectivity index (χ1) is 11.5. The van der Waals surface area contributed by atoms with Crippen molar-refractivity contribution in [3.05, 3.63) is 42.0 Å². The van der Waals surface area contributed by atoms with Crippen LogP contribution in [0.15, 0.2) is 36.4 Å². The molecule has 2 unspecified atom stereocenters. The van der Waals surface area contributed by atoms with E-state index in [4.69, 9.17) is 9.47 Å². The molecule has 3 heteroatoms. The quantitative estimate of drug-likeness (QED) is 0.641. The van der Waals surface area contributed by atoms with E-state index in [0.29, 0.717) is 5.92 Å². The molecule has 0 saturated carbocycles. The first-order valence-electron chi connectivity index (χ1n) is 8.83. The standard InChI is InChI=1S/C21H28O3/c1-5-15(3)17-7-8-19-12-21(10-9-18(19)11-17)24-14-20(22)13-23-16(4)6-2/h7-12,15-16H,5-6,13-14H2,1-4H3. The second-order valence-electron chi connectivity index (χ2n) is 6.43. The molecule has 0 fully saturated rings. The molecule has 130 valence electrons. The second kappa shape index (κ2) is 8.84. The molecule has 0 aliphatic heterocycles. The molecule has 0 aromatic heterocycles. The van der Waals surface area contributed by atoms with E-state index in [9.17, 15) is 4.79 Å². The number of benzene rings is 2. The van der Waals surface area contributed by atoms with Gasteiger partial charge in [-0.3, -0.25) is 4.79 Å². The lowest BCUT2D eigenvalue weighted by molar-refractivity contribution is -0.127. The predicted octanol–water partition coefficient (Wildman–Crippen LogP) is 5.12. The molecule has 0 bridgehead atoms. The Bertz CT molecular complexity index is 678. The van der Waals surface area contributed by atoms with Crippen LogP contribution in [0.3, 0.4) is 0 Å². The van der Waals surface area contributed by atoms with Gasteiger partial charge in [0, 0.05) is 0 Å². The Kier molecular flexibility index (Phi) is 6.80. The number of carbonyl (C=O) groups is 1. The summed E-state index contributed by atoms with van der Waals surface area (Å²) in [5.74, 6) is 1.24. The highest BCUT2D eigenvalue weighted by Crippen LogP contribution is 2.26. The van der Waals surface area contributed by atoms with Crippen LogP contribution in [0.1, 0.15) is 52.0 Å². The highest BCUT2D eigenvalue weighted by Gasteiger charge is 2.08. The van der Waals surface area contributed by atoms with Gasteiger partial charge in [-0.15, -0.1) is 0 Å². The minimum Gasteiger partial charge on any atom is -0.486 e. The van der Waals surface area contributed by atoms with Crippen molar-refractivity contribution in [1.82, 2.24) is 0 Å². The third kappa shape index (κ3) is 5.07. The van der Waals surface area contributed by atoms with Crippen molar-refractivity contribution in [2.45, 2.75) is 52.6 Å². The molecule has 3 nitrogen and oxygen atoms in total. The number of ether oxygens (including phenoxy) is 2. The number of carbonyl (C=O) groups excluding carboxylic acids is 1. The van der Waals surface area contributed by atoms with Crippen LogP contribution < -0.4 is 4.74 Å². The second-order valence-corrected chi connectivity index (χ2v) is 6.43. The summed E-state index contributed by atoms with van der Waals surface area (Å²) in [5, 5.41) is 2.33. The van der Waals surface area contributed by atoms with Crippen molar-refractivity contribution in [1.29, 1.82) is 0 Å². The van der Waals surface area contributed by atoms with Gasteiger partial charge in [-0.2, -0.15) is 0 Å². The van der Waals surface area contributed by atoms with Gasteiger partial charge >= 0.3 is 0 Å². The van der Waals surface area contributed by atoms with Gasteiger partial charge in [0.15, 0.2) is 5.78 Å². The van der Waals surface area contributed by atoms with Gasteiger partial charge in [0.25, 0.3) is 0 Å². The third-order valence-electron chi connectivity index (χ3n) is 4.52. The zero-order valence-electron chi connectivity index (χ0n) is 15.2. The number of hydrogen-bond donors (Lipinski definition) is 0. The maximum absolute atomic E-state index is 11.8. The summed E-state index contributed by atoms with van der Waals surface area (Å²) >= 11 is 0. The first-order valence-corrected chi connectivity index (χ1v) is 8.83. The molecule has 0 amide bonds. The molecular weight excluding hydrogens is 300 g/mol. The summed E-state index contributed by atoms with van der Waals surface area (Å²) < 4.78 is 11.0. The fraction of sp³-hybridized carbons (Fsp3) is 0.476. The summed E-state index contributed by atoms with van der Waals surface area (Å²) in [4.78, 5) is 11.8. The summed E-state index contributed by atoms with van der Waals surface area (Å²) in [5.41, 5.74) is 1.36. The van der Waals surface area contributed by atoms with E-state index in [0.717, 1.165) is 24.0 Å². The van der Waals surface area contributed by atoms with Gasteiger partial charge in [-0.05, 0) is 54.2 Å². The van der Waals surface area contributed by atoms with Gasteiger partial charge in [-0.1, -0.05) is 45.0 Å². The van der Waals surface area contributed by atoms with Crippen LogP contribution in [0.2, 0.25) is 0 Å². The molecular formula is C21H28O3. The van der Waals surface area contributed by atoms with Gasteiger partial charge in [0.1, 0.15) is 19.0 Å². The van der Waals surface area contributed by atoms with Crippen LogP contribution in [0.25, 0.3) is 10.8 Å². The largest absolute Gasteiger partial charge is 0.486 e. The summed E-state index contributed by atoms with van der Waals surface area (Å²) in [6, 6.07) is 12.5. The van der Waals surface area contributed by atoms with Gasteiger partial charge in [-0.25, -0.2) is 0 Å². The fourth-order valence-electron chi connectivity index (χ4n) is 2.43. The lowest BCUT2D eigenvalue weighted by atomic mass is 9.96. The Morgan fingerprint density at radius 3 is 2.38 bits per heavy atom. The molecule has 0 heterocycles. The van der Waals surface area contributed by atoms with Gasteiger partial charge in [0.2, 0.25) is 0 Å². The lowest BCUT2D eigenvalue weighted by Gasteiger charge is -2.12. The Labute approximate surface area is 145 Å². The van der Waals surface area contributed by atoms with Gasteiger partial charge < -0.3 is 9.47 Å². The molecule has 0 spiro atoms. The predicted molar refractivity (Wildman–Crippen MR) is 98.9 cm³/mol. The van der Waals surface area contributed by atoms with Crippen LogP contribution in [0, 0.1) is 0 Å². The Balaban J connectivity index is 1.97. The molecule has 0 aliphatic carbocycles. The van der Waals surface area contributed by atoms with Crippen LogP contribution in [-0.4, -0.2) is 25.1 Å². The zero-order valence-corrected chi connectivity index (χ0v) is 15.2. The summed E-state index contributed by atoms with van der Waals surface area (Å²) in [7, 11) is 0. The summed E-state index contributed by atoms with van der Waals surface area (Å²) in [6.07, 6.45) is 2.14. The zero-order chi connectivity index (χ0) is 17.5. The maximum Gasteiger partial charge on any atom is 0.195 e. The number of fused-ring (bicyclic) bond motifs is 1. The van der Waals surface area contributed by atoms with Crippen LogP contribution in [0.5, 0.6) is 5.75 Å². The van der Waals surface area contributed by atoms with E-state index in [1.54, 1.807) is 0 Å². The molecule has 24 heavy (non-hydrogen) atoms. The van der Waals surface area contributed by atoms with Crippen LogP contribution >= 0.6 is 0 Å². The smallest absolute Gasteiger partial charge is 0.195 e. The van der Waals surface area contributed by atoms with Crippen molar-refractivity contribution < 1.29 is 14.3 Å². The first kappa shape index (κ1) is 18.5. The molecule has 0 saturated heterocycles. The molecule has 0 radical (unpaired) electrons. The maximum atomic E-state index is 11.8. The molecule has 2 aromatic carbocycles. The minimum atomic E-state index is -0.0393. The number of Topliss-reactive ketones (excluding diaryl/α,β-unsaturated/α-hetero) is 1. The van der Waals surface area contributed by atoms with Crippen LogP contribution in [-0.2, 0) is 9.53 Å². The highest BCUT2D eigenvalue weighted by molar-refractivity contribution is 5.85. The molecule has 0 N–H and O–H groups in total. The summed E-state index contributed by atoms with van der Waals surface area (Å²) in [6.45, 7) is 8.60. The molecule has 2 aromatic rings. The van der Waals surface area contributed by atoms with E-state index in [1.165, 1.54) is 10.9 Å². The molecule has 0 aliphatic rings. The fourth-order valence-corrected chi connectivity index (χ4v) is 2.43. The SMILES string of the molecule is CCC(C)OCC(=O)COc1ccc2cc(C(C)CC)ccc2c1. The molecule has 2 atom stereocenters. The van der Waals surface area contributed by atoms with E-state index >= 15 is 0 Å². The van der Waals surface area contributed by atoms with Crippen molar-refractivity contribution in [3.63, 3.8) is 0 Å².